The molecule has 0 spiro atoms. The molecule has 8 heteroatoms. The minimum Gasteiger partial charge on any atom is -0.495 e. The standard InChI is InChI=1S/C24H26N4O3S/c1-16-7-8-20(30-2)19(15-16)28-23(29)22-21(17-5-3-4-6-18(17)25-22)26-24(28)32-14-11-27-9-12-31-13-10-27/h3-8,15,25H,9-14H2,1-2H3. The third kappa shape index (κ3) is 3.90. The lowest BCUT2D eigenvalue weighted by Crippen LogP contribution is -2.37. The van der Waals surface area contributed by atoms with Crippen molar-refractivity contribution in [2.45, 2.75) is 12.1 Å². The van der Waals surface area contributed by atoms with Crippen LogP contribution in [-0.4, -0.2) is 65.1 Å². The Kier molecular flexibility index (Phi) is 5.91. The van der Waals surface area contributed by atoms with Crippen LogP contribution in [0.1, 0.15) is 5.56 Å². The van der Waals surface area contributed by atoms with E-state index in [0.29, 0.717) is 27.6 Å². The molecular formula is C24H26N4O3S. The predicted molar refractivity (Wildman–Crippen MR) is 128 cm³/mol. The van der Waals surface area contributed by atoms with Crippen LogP contribution in [0.2, 0.25) is 0 Å². The van der Waals surface area contributed by atoms with Crippen LogP contribution < -0.4 is 10.3 Å². The van der Waals surface area contributed by atoms with E-state index in [2.05, 4.69) is 9.88 Å². The van der Waals surface area contributed by atoms with Crippen LogP contribution in [0.4, 0.5) is 0 Å². The molecular weight excluding hydrogens is 424 g/mol. The van der Waals surface area contributed by atoms with E-state index in [0.717, 1.165) is 55.1 Å². The van der Waals surface area contributed by atoms with Crippen molar-refractivity contribution < 1.29 is 9.47 Å². The number of rotatable bonds is 6. The summed E-state index contributed by atoms with van der Waals surface area (Å²) < 4.78 is 12.7. The first kappa shape index (κ1) is 21.1. The summed E-state index contributed by atoms with van der Waals surface area (Å²) in [4.78, 5) is 24.4. The summed E-state index contributed by atoms with van der Waals surface area (Å²) in [5, 5.41) is 1.63. The number of aromatic amines is 1. The summed E-state index contributed by atoms with van der Waals surface area (Å²) in [7, 11) is 1.62. The van der Waals surface area contributed by atoms with Gasteiger partial charge in [0.1, 0.15) is 16.8 Å². The van der Waals surface area contributed by atoms with E-state index in [4.69, 9.17) is 14.5 Å². The predicted octanol–water partition coefficient (Wildman–Crippen LogP) is 3.61. The normalized spacial score (nSPS) is 14.9. The number of H-pyrrole nitrogens is 1. The maximum Gasteiger partial charge on any atom is 0.283 e. The summed E-state index contributed by atoms with van der Waals surface area (Å²) in [6.07, 6.45) is 0. The Morgan fingerprint density at radius 3 is 2.81 bits per heavy atom. The van der Waals surface area contributed by atoms with E-state index in [9.17, 15) is 4.79 Å². The van der Waals surface area contributed by atoms with Gasteiger partial charge < -0.3 is 14.5 Å². The number of hydrogen-bond donors (Lipinski definition) is 1. The number of aromatic nitrogens is 3. The van der Waals surface area contributed by atoms with Gasteiger partial charge in [0.2, 0.25) is 0 Å². The van der Waals surface area contributed by atoms with Crippen LogP contribution in [0.5, 0.6) is 5.75 Å². The van der Waals surface area contributed by atoms with Gasteiger partial charge in [0.05, 0.1) is 26.0 Å². The average Bonchev–Trinajstić information content (AvgIpc) is 3.19. The van der Waals surface area contributed by atoms with Gasteiger partial charge in [-0.2, -0.15) is 0 Å². The van der Waals surface area contributed by atoms with Crippen molar-refractivity contribution in [3.63, 3.8) is 0 Å². The van der Waals surface area contributed by atoms with Crippen molar-refractivity contribution in [2.24, 2.45) is 0 Å². The summed E-state index contributed by atoms with van der Waals surface area (Å²) in [6, 6.07) is 13.7. The van der Waals surface area contributed by atoms with Crippen molar-refractivity contribution in [2.75, 3.05) is 45.7 Å². The summed E-state index contributed by atoms with van der Waals surface area (Å²) >= 11 is 1.60. The number of morpholine rings is 1. The molecule has 166 valence electrons. The first-order chi connectivity index (χ1) is 15.7. The van der Waals surface area contributed by atoms with Crippen LogP contribution in [0.25, 0.3) is 27.6 Å². The Morgan fingerprint density at radius 2 is 2.00 bits per heavy atom. The fourth-order valence-electron chi connectivity index (χ4n) is 4.12. The molecule has 0 radical (unpaired) electrons. The van der Waals surface area contributed by atoms with E-state index in [1.54, 1.807) is 23.4 Å². The number of hydrogen-bond acceptors (Lipinski definition) is 6. The second-order valence-corrected chi connectivity index (χ2v) is 8.97. The second-order valence-electron chi connectivity index (χ2n) is 7.91. The fourth-order valence-corrected chi connectivity index (χ4v) is 5.12. The Hall–Kier alpha value is -2.81. The number of methoxy groups -OCH3 is 1. The van der Waals surface area contributed by atoms with E-state index in [1.165, 1.54) is 0 Å². The number of nitrogens with zero attached hydrogens (tertiary/aromatic N) is 3. The smallest absolute Gasteiger partial charge is 0.283 e. The molecule has 1 aliphatic rings. The van der Waals surface area contributed by atoms with Crippen LogP contribution in [-0.2, 0) is 4.74 Å². The van der Waals surface area contributed by atoms with Gasteiger partial charge >= 0.3 is 0 Å². The Balaban J connectivity index is 1.63. The molecule has 0 amide bonds. The first-order valence-corrected chi connectivity index (χ1v) is 11.8. The van der Waals surface area contributed by atoms with Gasteiger partial charge in [-0.05, 0) is 30.7 Å². The van der Waals surface area contributed by atoms with Gasteiger partial charge in [-0.1, -0.05) is 36.0 Å². The minimum absolute atomic E-state index is 0.121. The Morgan fingerprint density at radius 1 is 1.19 bits per heavy atom. The zero-order valence-corrected chi connectivity index (χ0v) is 19.1. The van der Waals surface area contributed by atoms with E-state index < -0.39 is 0 Å². The summed E-state index contributed by atoms with van der Waals surface area (Å²) in [5.41, 5.74) is 3.76. The first-order valence-electron chi connectivity index (χ1n) is 10.8. The molecule has 32 heavy (non-hydrogen) atoms. The van der Waals surface area contributed by atoms with Crippen molar-refractivity contribution in [3.05, 3.63) is 58.4 Å². The molecule has 0 saturated carbocycles. The number of thioether (sulfide) groups is 1. The highest BCUT2D eigenvalue weighted by Gasteiger charge is 2.20. The van der Waals surface area contributed by atoms with E-state index >= 15 is 0 Å². The number of ether oxygens (including phenoxy) is 2. The van der Waals surface area contributed by atoms with Crippen LogP contribution in [0.15, 0.2) is 52.4 Å². The third-order valence-corrected chi connectivity index (χ3v) is 6.73. The van der Waals surface area contributed by atoms with Gasteiger partial charge in [-0.25, -0.2) is 9.55 Å². The minimum atomic E-state index is -0.121. The molecule has 0 bridgehead atoms. The maximum atomic E-state index is 13.8. The molecule has 0 aliphatic carbocycles. The molecule has 1 saturated heterocycles. The van der Waals surface area contributed by atoms with Gasteiger partial charge in [0.15, 0.2) is 5.16 Å². The monoisotopic (exact) mass is 450 g/mol. The molecule has 0 unspecified atom stereocenters. The van der Waals surface area contributed by atoms with Crippen LogP contribution >= 0.6 is 11.8 Å². The highest BCUT2D eigenvalue weighted by molar-refractivity contribution is 7.99. The van der Waals surface area contributed by atoms with Gasteiger partial charge in [-0.3, -0.25) is 9.69 Å². The zero-order valence-electron chi connectivity index (χ0n) is 18.3. The number of aryl methyl sites for hydroxylation is 1. The molecule has 3 heterocycles. The van der Waals surface area contributed by atoms with Crippen LogP contribution in [0, 0.1) is 6.92 Å². The SMILES string of the molecule is COc1ccc(C)cc1-n1c(SCCN2CCOCC2)nc2c([nH]c3ccccc32)c1=O. The fraction of sp³-hybridized carbons (Fsp3) is 0.333. The Labute approximate surface area is 190 Å². The summed E-state index contributed by atoms with van der Waals surface area (Å²) in [6.45, 7) is 6.35. The lowest BCUT2D eigenvalue weighted by molar-refractivity contribution is 0.0410. The number of para-hydroxylation sites is 1. The number of nitrogens with one attached hydrogen (secondary N) is 1. The molecule has 1 N–H and O–H groups in total. The molecule has 5 rings (SSSR count). The molecule has 2 aromatic heterocycles. The average molecular weight is 451 g/mol. The molecule has 2 aromatic carbocycles. The molecule has 1 aliphatic heterocycles. The molecule has 0 atom stereocenters. The van der Waals surface area contributed by atoms with Crippen molar-refractivity contribution in [1.29, 1.82) is 0 Å². The van der Waals surface area contributed by atoms with E-state index in [1.807, 2.05) is 49.4 Å². The maximum absolute atomic E-state index is 13.8. The number of benzene rings is 2. The topological polar surface area (TPSA) is 72.4 Å². The van der Waals surface area contributed by atoms with E-state index in [-0.39, 0.29) is 5.56 Å². The van der Waals surface area contributed by atoms with Crippen LogP contribution in [0.3, 0.4) is 0 Å². The highest BCUT2D eigenvalue weighted by atomic mass is 32.2. The Bertz CT molecular complexity index is 1320. The largest absolute Gasteiger partial charge is 0.495 e. The van der Waals surface area contributed by atoms with Crippen molar-refractivity contribution in [1.82, 2.24) is 19.4 Å². The quantitative estimate of drug-likeness (QED) is 0.357. The zero-order chi connectivity index (χ0) is 22.1. The second kappa shape index (κ2) is 8.97. The molecule has 4 aromatic rings. The van der Waals surface area contributed by atoms with Crippen molar-refractivity contribution >= 4 is 33.7 Å². The van der Waals surface area contributed by atoms with Gasteiger partial charge in [-0.15, -0.1) is 0 Å². The van der Waals surface area contributed by atoms with Gasteiger partial charge in [0, 0.05) is 36.3 Å². The third-order valence-electron chi connectivity index (χ3n) is 5.81. The highest BCUT2D eigenvalue weighted by Crippen LogP contribution is 2.30. The number of fused-ring (bicyclic) bond motifs is 3. The van der Waals surface area contributed by atoms with Crippen molar-refractivity contribution in [3.8, 4) is 11.4 Å². The lowest BCUT2D eigenvalue weighted by atomic mass is 10.2. The lowest BCUT2D eigenvalue weighted by Gasteiger charge is -2.26. The molecule has 7 nitrogen and oxygen atoms in total. The summed E-state index contributed by atoms with van der Waals surface area (Å²) in [5.74, 6) is 1.47. The molecule has 1 fully saturated rings. The van der Waals surface area contributed by atoms with Gasteiger partial charge in [0.25, 0.3) is 5.56 Å².